The number of anilines is 1. The van der Waals surface area contributed by atoms with E-state index in [0.29, 0.717) is 18.0 Å². The number of pyridine rings is 1. The fourth-order valence-electron chi connectivity index (χ4n) is 4.24. The van der Waals surface area contributed by atoms with Crippen molar-refractivity contribution in [2.75, 3.05) is 25.0 Å². The number of carboxylic acids is 1. The second-order valence-electron chi connectivity index (χ2n) is 9.83. The molecule has 0 bridgehead atoms. The van der Waals surface area contributed by atoms with Gasteiger partial charge >= 0.3 is 5.97 Å². The lowest BCUT2D eigenvalue weighted by Crippen LogP contribution is -2.67. The first kappa shape index (κ1) is 26.5. The fourth-order valence-corrected chi connectivity index (χ4v) is 4.39. The predicted octanol–water partition coefficient (Wildman–Crippen LogP) is 4.48. The third-order valence-corrected chi connectivity index (χ3v) is 6.57. The largest absolute Gasteiger partial charge is 0.492 e. The van der Waals surface area contributed by atoms with Gasteiger partial charge in [0, 0.05) is 25.6 Å². The number of nitrogens with zero attached hydrogens (tertiary/aromatic N) is 2. The molecule has 0 radical (unpaired) electrons. The second-order valence-corrected chi connectivity index (χ2v) is 10.2. The Bertz CT molecular complexity index is 1130. The van der Waals surface area contributed by atoms with E-state index >= 15 is 0 Å². The van der Waals surface area contributed by atoms with Crippen LogP contribution < -0.4 is 10.1 Å². The molecule has 0 unspecified atom stereocenters. The third kappa shape index (κ3) is 5.42. The van der Waals surface area contributed by atoms with Crippen LogP contribution in [0.2, 0.25) is 5.15 Å². The lowest BCUT2D eigenvalue weighted by atomic mass is 9.69. The summed E-state index contributed by atoms with van der Waals surface area (Å²) in [5.74, 6) is -1.08. The number of carboxylic acid groups (broad SMARTS) is 1. The first-order valence-electron chi connectivity index (χ1n) is 11.6. The Balaban J connectivity index is 1.95. The lowest BCUT2D eigenvalue weighted by Gasteiger charge is -2.50. The number of aromatic nitrogens is 1. The molecule has 1 aliphatic rings. The summed E-state index contributed by atoms with van der Waals surface area (Å²) in [6, 6.07) is 9.26. The lowest BCUT2D eigenvalue weighted by molar-refractivity contribution is -0.155. The molecule has 0 aliphatic carbocycles. The minimum atomic E-state index is -1.20. The van der Waals surface area contributed by atoms with Gasteiger partial charge in [-0.05, 0) is 37.8 Å². The molecule has 1 saturated heterocycles. The molecular weight excluding hydrogens is 470 g/mol. The van der Waals surface area contributed by atoms with Crippen molar-refractivity contribution in [2.24, 2.45) is 5.41 Å². The minimum absolute atomic E-state index is 0.141. The van der Waals surface area contributed by atoms with Gasteiger partial charge in [0.1, 0.15) is 22.0 Å². The topological polar surface area (TPSA) is 109 Å². The molecule has 1 aromatic carbocycles. The minimum Gasteiger partial charge on any atom is -0.492 e. The van der Waals surface area contributed by atoms with Gasteiger partial charge in [-0.3, -0.25) is 14.4 Å². The molecule has 1 aliphatic heterocycles. The molecule has 0 spiro atoms. The standard InChI is InChI=1S/C26H32ClN3O5/c1-6-35-20-11-21(27)28-13-19(20)29-23(32)26(18-10-8-7-9-17(18)16(2)3)14-30(15-26)22(31)12-25(4,5)24(33)34/h7-11,13,16H,6,12,14-15H2,1-5H3,(H,29,32)(H,33,34). The van der Waals surface area contributed by atoms with Crippen LogP contribution in [0.1, 0.15) is 58.1 Å². The Hall–Kier alpha value is -3.13. The van der Waals surface area contributed by atoms with Gasteiger partial charge < -0.3 is 20.1 Å². The van der Waals surface area contributed by atoms with E-state index in [9.17, 15) is 19.5 Å². The average molecular weight is 502 g/mol. The third-order valence-electron chi connectivity index (χ3n) is 6.36. The highest BCUT2D eigenvalue weighted by Crippen LogP contribution is 2.41. The fraction of sp³-hybridized carbons (Fsp3) is 0.462. The molecule has 3 rings (SSSR count). The number of likely N-dealkylation sites (tertiary alicyclic amines) is 1. The molecule has 1 fully saturated rings. The maximum Gasteiger partial charge on any atom is 0.309 e. The van der Waals surface area contributed by atoms with Crippen molar-refractivity contribution < 1.29 is 24.2 Å². The molecule has 2 heterocycles. The maximum atomic E-state index is 13.8. The van der Waals surface area contributed by atoms with E-state index in [1.54, 1.807) is 11.0 Å². The summed E-state index contributed by atoms with van der Waals surface area (Å²) in [5, 5.41) is 12.6. The molecule has 0 saturated carbocycles. The van der Waals surface area contributed by atoms with Crippen LogP contribution in [-0.4, -0.2) is 52.5 Å². The molecule has 2 aromatic rings. The van der Waals surface area contributed by atoms with E-state index < -0.39 is 16.8 Å². The van der Waals surface area contributed by atoms with Gasteiger partial charge in [-0.25, -0.2) is 4.98 Å². The zero-order valence-corrected chi connectivity index (χ0v) is 21.5. The number of aliphatic carboxylic acids is 1. The van der Waals surface area contributed by atoms with Crippen molar-refractivity contribution in [3.8, 4) is 5.75 Å². The number of amides is 2. The van der Waals surface area contributed by atoms with Crippen molar-refractivity contribution >= 4 is 35.1 Å². The van der Waals surface area contributed by atoms with Crippen LogP contribution in [0.4, 0.5) is 5.69 Å². The number of carbonyl (C=O) groups excluding carboxylic acids is 2. The monoisotopic (exact) mass is 501 g/mol. The Morgan fingerprint density at radius 3 is 2.51 bits per heavy atom. The highest BCUT2D eigenvalue weighted by Gasteiger charge is 2.54. The molecule has 35 heavy (non-hydrogen) atoms. The van der Waals surface area contributed by atoms with Crippen molar-refractivity contribution in [3.05, 3.63) is 52.8 Å². The highest BCUT2D eigenvalue weighted by molar-refractivity contribution is 6.29. The van der Waals surface area contributed by atoms with E-state index in [2.05, 4.69) is 24.1 Å². The van der Waals surface area contributed by atoms with Gasteiger partial charge in [-0.2, -0.15) is 0 Å². The molecule has 8 nitrogen and oxygen atoms in total. The Morgan fingerprint density at radius 1 is 1.26 bits per heavy atom. The molecule has 2 N–H and O–H groups in total. The van der Waals surface area contributed by atoms with E-state index in [-0.39, 0.29) is 42.4 Å². The Morgan fingerprint density at radius 2 is 1.91 bits per heavy atom. The number of ether oxygens (including phenoxy) is 1. The number of halogens is 1. The first-order chi connectivity index (χ1) is 16.4. The van der Waals surface area contributed by atoms with E-state index in [1.807, 2.05) is 31.2 Å². The van der Waals surface area contributed by atoms with Gasteiger partial charge in [0.15, 0.2) is 0 Å². The highest BCUT2D eigenvalue weighted by atomic mass is 35.5. The number of nitrogens with one attached hydrogen (secondary N) is 1. The Kier molecular flexibility index (Phi) is 7.74. The molecule has 2 amide bonds. The SMILES string of the molecule is CCOc1cc(Cl)ncc1NC(=O)C1(c2ccccc2C(C)C)CN(C(=O)CC(C)(C)C(=O)O)C1. The van der Waals surface area contributed by atoms with E-state index in [1.165, 1.54) is 20.0 Å². The zero-order chi connectivity index (χ0) is 26.0. The predicted molar refractivity (Wildman–Crippen MR) is 134 cm³/mol. The van der Waals surface area contributed by atoms with E-state index in [4.69, 9.17) is 16.3 Å². The number of carbonyl (C=O) groups is 3. The number of rotatable bonds is 9. The molecule has 188 valence electrons. The number of hydrogen-bond donors (Lipinski definition) is 2. The molecule has 0 atom stereocenters. The summed E-state index contributed by atoms with van der Waals surface area (Å²) >= 11 is 6.01. The van der Waals surface area contributed by atoms with Crippen LogP contribution in [0.5, 0.6) is 5.75 Å². The maximum absolute atomic E-state index is 13.8. The normalized spacial score (nSPS) is 14.9. The van der Waals surface area contributed by atoms with Gasteiger partial charge in [-0.1, -0.05) is 49.7 Å². The van der Waals surface area contributed by atoms with Crippen molar-refractivity contribution in [3.63, 3.8) is 0 Å². The second kappa shape index (κ2) is 10.2. The Labute approximate surface area is 210 Å². The first-order valence-corrected chi connectivity index (χ1v) is 12.0. The van der Waals surface area contributed by atoms with Crippen LogP contribution in [0.3, 0.4) is 0 Å². The molecule has 1 aromatic heterocycles. The van der Waals surface area contributed by atoms with Gasteiger partial charge in [-0.15, -0.1) is 0 Å². The molecule has 9 heteroatoms. The van der Waals surface area contributed by atoms with Crippen molar-refractivity contribution in [1.82, 2.24) is 9.88 Å². The number of hydrogen-bond acceptors (Lipinski definition) is 5. The van der Waals surface area contributed by atoms with Crippen molar-refractivity contribution in [1.29, 1.82) is 0 Å². The average Bonchev–Trinajstić information content (AvgIpc) is 2.75. The number of benzene rings is 1. The molecular formula is C26H32ClN3O5. The summed E-state index contributed by atoms with van der Waals surface area (Å²) in [5.41, 5.74) is 0.0372. The smallest absolute Gasteiger partial charge is 0.309 e. The van der Waals surface area contributed by atoms with Gasteiger partial charge in [0.25, 0.3) is 0 Å². The summed E-state index contributed by atoms with van der Waals surface area (Å²) in [7, 11) is 0. The van der Waals surface area contributed by atoms with Crippen LogP contribution in [0.15, 0.2) is 36.5 Å². The van der Waals surface area contributed by atoms with Crippen LogP contribution in [0, 0.1) is 5.41 Å². The zero-order valence-electron chi connectivity index (χ0n) is 20.7. The van der Waals surface area contributed by atoms with Crippen molar-refractivity contribution in [2.45, 2.75) is 52.4 Å². The van der Waals surface area contributed by atoms with Crippen LogP contribution in [-0.2, 0) is 19.8 Å². The van der Waals surface area contributed by atoms with Gasteiger partial charge in [0.2, 0.25) is 11.8 Å². The van der Waals surface area contributed by atoms with Crippen LogP contribution >= 0.6 is 11.6 Å². The summed E-state index contributed by atoms with van der Waals surface area (Å²) in [6.07, 6.45) is 1.30. The summed E-state index contributed by atoms with van der Waals surface area (Å²) < 4.78 is 5.63. The van der Waals surface area contributed by atoms with Gasteiger partial charge in [0.05, 0.1) is 18.2 Å². The van der Waals surface area contributed by atoms with Crippen LogP contribution in [0.25, 0.3) is 0 Å². The quantitative estimate of drug-likeness (QED) is 0.490. The summed E-state index contributed by atoms with van der Waals surface area (Å²) in [6.45, 7) is 9.63. The summed E-state index contributed by atoms with van der Waals surface area (Å²) in [4.78, 5) is 43.9. The van der Waals surface area contributed by atoms with E-state index in [0.717, 1.165) is 11.1 Å².